The van der Waals surface area contributed by atoms with E-state index >= 15 is 0 Å². The molecule has 2 rings (SSSR count). The van der Waals surface area contributed by atoms with Crippen LogP contribution in [-0.4, -0.2) is 7.11 Å². The fourth-order valence-electron chi connectivity index (χ4n) is 2.08. The van der Waals surface area contributed by atoms with Gasteiger partial charge in [-0.05, 0) is 54.3 Å². The van der Waals surface area contributed by atoms with Gasteiger partial charge in [0, 0.05) is 0 Å². The molecule has 0 spiro atoms. The first kappa shape index (κ1) is 14.9. The van der Waals surface area contributed by atoms with Crippen LogP contribution in [0.3, 0.4) is 0 Å². The molecule has 108 valence electrons. The molecule has 0 aliphatic heterocycles. The summed E-state index contributed by atoms with van der Waals surface area (Å²) in [6.07, 6.45) is 5.37. The molecule has 2 heteroatoms. The molecular formula is C19H20O2. The lowest BCUT2D eigenvalue weighted by molar-refractivity contribution is 0.412. The Balaban J connectivity index is 2.27. The van der Waals surface area contributed by atoms with Crippen molar-refractivity contribution in [1.82, 2.24) is 0 Å². The summed E-state index contributed by atoms with van der Waals surface area (Å²) in [5, 5.41) is 0. The zero-order valence-electron chi connectivity index (χ0n) is 12.3. The third-order valence-corrected chi connectivity index (χ3v) is 3.16. The quantitative estimate of drug-likeness (QED) is 0.668. The Labute approximate surface area is 126 Å². The van der Waals surface area contributed by atoms with Gasteiger partial charge in [0.15, 0.2) is 0 Å². The smallest absolute Gasteiger partial charge is 0.131 e. The lowest BCUT2D eigenvalue weighted by Crippen LogP contribution is -1.93. The number of ether oxygens (including phenoxy) is 2. The molecule has 0 atom stereocenters. The number of benzene rings is 2. The van der Waals surface area contributed by atoms with Crippen LogP contribution in [-0.2, 0) is 12.8 Å². The number of hydrogen-bond acceptors (Lipinski definition) is 2. The number of hydrogen-bond donors (Lipinski definition) is 0. The van der Waals surface area contributed by atoms with E-state index in [4.69, 9.17) is 9.47 Å². The average Bonchev–Trinajstić information content (AvgIpc) is 2.51. The van der Waals surface area contributed by atoms with Gasteiger partial charge >= 0.3 is 0 Å². The van der Waals surface area contributed by atoms with Crippen molar-refractivity contribution in [1.29, 1.82) is 0 Å². The van der Waals surface area contributed by atoms with Crippen LogP contribution in [0.25, 0.3) is 0 Å². The van der Waals surface area contributed by atoms with Gasteiger partial charge in [-0.15, -0.1) is 13.2 Å². The van der Waals surface area contributed by atoms with E-state index in [2.05, 4.69) is 31.4 Å². The highest BCUT2D eigenvalue weighted by Gasteiger charge is 2.06. The minimum atomic E-state index is 0.778. The highest BCUT2D eigenvalue weighted by Crippen LogP contribution is 2.28. The first-order valence-electron chi connectivity index (χ1n) is 6.92. The Morgan fingerprint density at radius 1 is 0.905 bits per heavy atom. The van der Waals surface area contributed by atoms with Crippen molar-refractivity contribution in [3.05, 3.63) is 78.9 Å². The predicted molar refractivity (Wildman–Crippen MR) is 87.3 cm³/mol. The van der Waals surface area contributed by atoms with Gasteiger partial charge < -0.3 is 9.47 Å². The van der Waals surface area contributed by atoms with Crippen molar-refractivity contribution in [3.63, 3.8) is 0 Å². The zero-order valence-corrected chi connectivity index (χ0v) is 12.3. The first-order chi connectivity index (χ1) is 10.3. The normalized spacial score (nSPS) is 9.95. The summed E-state index contributed by atoms with van der Waals surface area (Å²) in [5.41, 5.74) is 2.30. The van der Waals surface area contributed by atoms with E-state index in [0.29, 0.717) is 0 Å². The van der Waals surface area contributed by atoms with E-state index in [1.54, 1.807) is 7.11 Å². The lowest BCUT2D eigenvalue weighted by atomic mass is 10.1. The van der Waals surface area contributed by atoms with Crippen LogP contribution in [0.5, 0.6) is 17.2 Å². The standard InChI is InChI=1S/C19H20O2/c1-4-6-15-8-9-16(7-5-2)19(14-15)21-18-12-10-17(20-3)11-13-18/h4-5,8-14H,1-2,6-7H2,3H3. The summed E-state index contributed by atoms with van der Waals surface area (Å²) in [5.74, 6) is 2.46. The average molecular weight is 280 g/mol. The Morgan fingerprint density at radius 2 is 1.57 bits per heavy atom. The summed E-state index contributed by atoms with van der Waals surface area (Å²) in [4.78, 5) is 0. The molecule has 0 aliphatic rings. The lowest BCUT2D eigenvalue weighted by Gasteiger charge is -2.12. The summed E-state index contributed by atoms with van der Waals surface area (Å²) in [7, 11) is 1.65. The van der Waals surface area contributed by atoms with Crippen LogP contribution < -0.4 is 9.47 Å². The molecular weight excluding hydrogens is 260 g/mol. The van der Waals surface area contributed by atoms with Gasteiger partial charge in [0.05, 0.1) is 7.11 Å². The van der Waals surface area contributed by atoms with Crippen LogP contribution in [0, 0.1) is 0 Å². The van der Waals surface area contributed by atoms with Gasteiger partial charge in [-0.3, -0.25) is 0 Å². The van der Waals surface area contributed by atoms with Gasteiger partial charge in [-0.1, -0.05) is 24.3 Å². The Morgan fingerprint density at radius 3 is 2.19 bits per heavy atom. The molecule has 0 saturated carbocycles. The maximum atomic E-state index is 6.01. The number of rotatable bonds is 7. The SMILES string of the molecule is C=CCc1ccc(CC=C)c(Oc2ccc(OC)cc2)c1. The zero-order chi connectivity index (χ0) is 15.1. The predicted octanol–water partition coefficient (Wildman–Crippen LogP) is 4.94. The molecule has 0 radical (unpaired) electrons. The summed E-state index contributed by atoms with van der Waals surface area (Å²) >= 11 is 0. The van der Waals surface area contributed by atoms with Crippen LogP contribution in [0.15, 0.2) is 67.8 Å². The van der Waals surface area contributed by atoms with Gasteiger partial charge in [-0.25, -0.2) is 0 Å². The molecule has 0 bridgehead atoms. The van der Waals surface area contributed by atoms with E-state index in [0.717, 1.165) is 35.7 Å². The summed E-state index contributed by atoms with van der Waals surface area (Å²) in [6, 6.07) is 13.8. The molecule has 0 aromatic heterocycles. The monoisotopic (exact) mass is 280 g/mol. The van der Waals surface area contributed by atoms with Crippen LogP contribution in [0.4, 0.5) is 0 Å². The third kappa shape index (κ3) is 3.99. The van der Waals surface area contributed by atoms with Crippen molar-refractivity contribution in [2.24, 2.45) is 0 Å². The van der Waals surface area contributed by atoms with Crippen molar-refractivity contribution in [2.75, 3.05) is 7.11 Å². The van der Waals surface area contributed by atoms with Crippen LogP contribution >= 0.6 is 0 Å². The van der Waals surface area contributed by atoms with Gasteiger partial charge in [0.25, 0.3) is 0 Å². The highest BCUT2D eigenvalue weighted by atomic mass is 16.5. The van der Waals surface area contributed by atoms with E-state index in [1.165, 1.54) is 5.56 Å². The fourth-order valence-corrected chi connectivity index (χ4v) is 2.08. The molecule has 0 aliphatic carbocycles. The molecule has 0 saturated heterocycles. The maximum absolute atomic E-state index is 6.01. The third-order valence-electron chi connectivity index (χ3n) is 3.16. The molecule has 0 heterocycles. The van der Waals surface area contributed by atoms with Gasteiger partial charge in [0.2, 0.25) is 0 Å². The Kier molecular flexibility index (Phi) is 5.22. The molecule has 21 heavy (non-hydrogen) atoms. The number of methoxy groups -OCH3 is 1. The molecule has 0 fully saturated rings. The van der Waals surface area contributed by atoms with Crippen molar-refractivity contribution in [3.8, 4) is 17.2 Å². The molecule has 2 aromatic rings. The first-order valence-corrected chi connectivity index (χ1v) is 6.92. The van der Waals surface area contributed by atoms with E-state index < -0.39 is 0 Å². The van der Waals surface area contributed by atoms with Crippen molar-refractivity contribution in [2.45, 2.75) is 12.8 Å². The fraction of sp³-hybridized carbons (Fsp3) is 0.158. The van der Waals surface area contributed by atoms with E-state index in [-0.39, 0.29) is 0 Å². The molecule has 0 N–H and O–H groups in total. The van der Waals surface area contributed by atoms with Gasteiger partial charge in [0.1, 0.15) is 17.2 Å². The summed E-state index contributed by atoms with van der Waals surface area (Å²) in [6.45, 7) is 7.57. The second-order valence-electron chi connectivity index (χ2n) is 4.71. The molecule has 0 unspecified atom stereocenters. The summed E-state index contributed by atoms with van der Waals surface area (Å²) < 4.78 is 11.2. The highest BCUT2D eigenvalue weighted by molar-refractivity contribution is 5.43. The van der Waals surface area contributed by atoms with Crippen LogP contribution in [0.1, 0.15) is 11.1 Å². The minimum absolute atomic E-state index is 0.778. The van der Waals surface area contributed by atoms with E-state index in [1.807, 2.05) is 36.4 Å². The second-order valence-corrected chi connectivity index (χ2v) is 4.71. The second kappa shape index (κ2) is 7.34. The van der Waals surface area contributed by atoms with Gasteiger partial charge in [-0.2, -0.15) is 0 Å². The van der Waals surface area contributed by atoms with Crippen molar-refractivity contribution >= 4 is 0 Å². The molecule has 2 aromatic carbocycles. The molecule has 0 amide bonds. The topological polar surface area (TPSA) is 18.5 Å². The largest absolute Gasteiger partial charge is 0.497 e. The Hall–Kier alpha value is -2.48. The maximum Gasteiger partial charge on any atom is 0.131 e. The van der Waals surface area contributed by atoms with Crippen molar-refractivity contribution < 1.29 is 9.47 Å². The Bertz CT molecular complexity index is 612. The minimum Gasteiger partial charge on any atom is -0.497 e. The number of allylic oxidation sites excluding steroid dienone is 2. The van der Waals surface area contributed by atoms with Crippen LogP contribution in [0.2, 0.25) is 0 Å². The molecule has 2 nitrogen and oxygen atoms in total. The van der Waals surface area contributed by atoms with E-state index in [9.17, 15) is 0 Å².